The summed E-state index contributed by atoms with van der Waals surface area (Å²) < 4.78 is 10.7. The van der Waals surface area contributed by atoms with Crippen LogP contribution in [0.4, 0.5) is 5.69 Å². The number of nitro benzene ring substituents is 1. The third-order valence-electron chi connectivity index (χ3n) is 2.15. The van der Waals surface area contributed by atoms with Gasteiger partial charge in [-0.1, -0.05) is 6.08 Å². The van der Waals surface area contributed by atoms with Crippen LogP contribution in [0.5, 0.6) is 11.5 Å². The van der Waals surface area contributed by atoms with Crippen LogP contribution in [-0.4, -0.2) is 4.92 Å². The Bertz CT molecular complexity index is 493. The molecule has 0 aromatic heterocycles. The molecule has 1 aromatic rings. The zero-order valence-electron chi connectivity index (χ0n) is 8.96. The van der Waals surface area contributed by atoms with Crippen LogP contribution in [0.1, 0.15) is 6.42 Å². The van der Waals surface area contributed by atoms with Crippen LogP contribution in [0.15, 0.2) is 42.9 Å². The smallest absolute Gasteiger partial charge is 0.273 e. The maximum atomic E-state index is 10.6. The van der Waals surface area contributed by atoms with E-state index in [2.05, 4.69) is 6.58 Å². The number of benzene rings is 1. The van der Waals surface area contributed by atoms with E-state index in [-0.39, 0.29) is 5.69 Å². The minimum Gasteiger partial charge on any atom is -0.458 e. The van der Waals surface area contributed by atoms with Crippen molar-refractivity contribution < 1.29 is 14.4 Å². The van der Waals surface area contributed by atoms with Gasteiger partial charge in [0.2, 0.25) is 0 Å². The third kappa shape index (κ3) is 2.44. The van der Waals surface area contributed by atoms with E-state index in [1.807, 2.05) is 0 Å². The minimum atomic E-state index is -0.477. The Morgan fingerprint density at radius 2 is 2.24 bits per heavy atom. The molecule has 17 heavy (non-hydrogen) atoms. The summed E-state index contributed by atoms with van der Waals surface area (Å²) in [7, 11) is 0. The molecule has 1 heterocycles. The predicted octanol–water partition coefficient (Wildman–Crippen LogP) is 2.99. The van der Waals surface area contributed by atoms with Crippen molar-refractivity contribution in [3.05, 3.63) is 59.4 Å². The lowest BCUT2D eigenvalue weighted by atomic mass is 10.2. The average molecular weight is 232 g/mol. The third-order valence-corrected chi connectivity index (χ3v) is 2.15. The van der Waals surface area contributed by atoms with E-state index in [0.29, 0.717) is 23.7 Å². The molecule has 0 fully saturated rings. The minimum absolute atomic E-state index is 0.0303. The first-order valence-electron chi connectivity index (χ1n) is 4.98. The summed E-state index contributed by atoms with van der Waals surface area (Å²) in [4.78, 5) is 10.1. The van der Waals surface area contributed by atoms with Gasteiger partial charge in [-0.2, -0.15) is 0 Å². The van der Waals surface area contributed by atoms with Crippen molar-refractivity contribution in [2.45, 2.75) is 6.42 Å². The SMILES string of the molecule is C=CC[CH]C1=COc2ccc([N+](=O)[O-])cc2O1. The first-order chi connectivity index (χ1) is 8.20. The van der Waals surface area contributed by atoms with Crippen LogP contribution < -0.4 is 9.47 Å². The zero-order valence-corrected chi connectivity index (χ0v) is 8.96. The topological polar surface area (TPSA) is 61.6 Å². The lowest BCUT2D eigenvalue weighted by molar-refractivity contribution is -0.384. The van der Waals surface area contributed by atoms with Crippen LogP contribution in [0.25, 0.3) is 0 Å². The molecule has 5 nitrogen and oxygen atoms in total. The Labute approximate surface area is 98.1 Å². The Balaban J connectivity index is 2.19. The number of allylic oxidation sites excluding steroid dienone is 2. The van der Waals surface area contributed by atoms with Crippen molar-refractivity contribution in [3.8, 4) is 11.5 Å². The number of rotatable bonds is 4. The summed E-state index contributed by atoms with van der Waals surface area (Å²) in [5, 5.41) is 10.6. The van der Waals surface area contributed by atoms with Gasteiger partial charge in [-0.15, -0.1) is 6.58 Å². The van der Waals surface area contributed by atoms with Crippen molar-refractivity contribution in [1.29, 1.82) is 0 Å². The van der Waals surface area contributed by atoms with Crippen molar-refractivity contribution in [3.63, 3.8) is 0 Å². The molecule has 0 N–H and O–H groups in total. The number of nitrogens with zero attached hydrogens (tertiary/aromatic N) is 1. The van der Waals surface area contributed by atoms with E-state index < -0.39 is 4.92 Å². The lowest BCUT2D eigenvalue weighted by Gasteiger charge is -2.17. The molecule has 1 radical (unpaired) electrons. The summed E-state index contributed by atoms with van der Waals surface area (Å²) in [6, 6.07) is 4.22. The van der Waals surface area contributed by atoms with E-state index >= 15 is 0 Å². The monoisotopic (exact) mass is 232 g/mol. The van der Waals surface area contributed by atoms with Crippen molar-refractivity contribution in [2.24, 2.45) is 0 Å². The molecular formula is C12H10NO4. The highest BCUT2D eigenvalue weighted by Crippen LogP contribution is 2.36. The van der Waals surface area contributed by atoms with Crippen molar-refractivity contribution in [2.75, 3.05) is 0 Å². The Hall–Kier alpha value is -2.30. The van der Waals surface area contributed by atoms with Crippen molar-refractivity contribution in [1.82, 2.24) is 0 Å². The average Bonchev–Trinajstić information content (AvgIpc) is 2.35. The molecule has 0 unspecified atom stereocenters. The van der Waals surface area contributed by atoms with Gasteiger partial charge in [-0.05, 0) is 12.5 Å². The summed E-state index contributed by atoms with van der Waals surface area (Å²) in [6.07, 6.45) is 5.58. The van der Waals surface area contributed by atoms with Gasteiger partial charge < -0.3 is 9.47 Å². The molecule has 2 rings (SSSR count). The zero-order chi connectivity index (χ0) is 12.3. The fourth-order valence-electron chi connectivity index (χ4n) is 1.35. The molecule has 0 aliphatic carbocycles. The van der Waals surface area contributed by atoms with Gasteiger partial charge in [0, 0.05) is 12.5 Å². The molecule has 1 aliphatic rings. The molecule has 0 saturated heterocycles. The lowest BCUT2D eigenvalue weighted by Crippen LogP contribution is -2.05. The number of hydrogen-bond donors (Lipinski definition) is 0. The second-order valence-corrected chi connectivity index (χ2v) is 3.36. The van der Waals surface area contributed by atoms with E-state index in [1.165, 1.54) is 24.5 Å². The normalized spacial score (nSPS) is 12.8. The number of ether oxygens (including phenoxy) is 2. The molecule has 0 saturated carbocycles. The van der Waals surface area contributed by atoms with Gasteiger partial charge in [0.15, 0.2) is 11.5 Å². The highest BCUT2D eigenvalue weighted by atomic mass is 16.6. The summed E-state index contributed by atoms with van der Waals surface area (Å²) in [5.74, 6) is 1.32. The van der Waals surface area contributed by atoms with Gasteiger partial charge in [0.05, 0.1) is 11.0 Å². The molecule has 1 aliphatic heterocycles. The quantitative estimate of drug-likeness (QED) is 0.455. The van der Waals surface area contributed by atoms with Crippen LogP contribution >= 0.6 is 0 Å². The van der Waals surface area contributed by atoms with Gasteiger partial charge in [0.25, 0.3) is 5.69 Å². The molecule has 0 atom stereocenters. The Kier molecular flexibility index (Phi) is 3.09. The number of nitro groups is 1. The molecule has 1 aromatic carbocycles. The van der Waals surface area contributed by atoms with E-state index in [0.717, 1.165) is 0 Å². The first-order valence-corrected chi connectivity index (χ1v) is 4.98. The number of fused-ring (bicyclic) bond motifs is 1. The number of non-ortho nitro benzene ring substituents is 1. The second-order valence-electron chi connectivity index (χ2n) is 3.36. The summed E-state index contributed by atoms with van der Waals surface area (Å²) in [6.45, 7) is 3.58. The molecule has 87 valence electrons. The fraction of sp³-hybridized carbons (Fsp3) is 0.0833. The molecule has 0 bridgehead atoms. The van der Waals surface area contributed by atoms with Crippen LogP contribution in [-0.2, 0) is 0 Å². The Morgan fingerprint density at radius 1 is 1.41 bits per heavy atom. The molecule has 0 amide bonds. The van der Waals surface area contributed by atoms with Crippen molar-refractivity contribution >= 4 is 5.69 Å². The Morgan fingerprint density at radius 3 is 2.94 bits per heavy atom. The fourth-order valence-corrected chi connectivity index (χ4v) is 1.35. The van der Waals surface area contributed by atoms with Gasteiger partial charge in [0.1, 0.15) is 12.0 Å². The maximum Gasteiger partial charge on any atom is 0.273 e. The van der Waals surface area contributed by atoms with Gasteiger partial charge in [-0.3, -0.25) is 10.1 Å². The highest BCUT2D eigenvalue weighted by molar-refractivity contribution is 5.51. The standard InChI is InChI=1S/C12H10NO4/c1-2-3-4-10-8-16-11-6-5-9(13(14)15)7-12(11)17-10/h2,4-8H,1,3H2. The first kappa shape index (κ1) is 11.2. The van der Waals surface area contributed by atoms with Crippen LogP contribution in [0.2, 0.25) is 0 Å². The maximum absolute atomic E-state index is 10.6. The predicted molar refractivity (Wildman–Crippen MR) is 61.5 cm³/mol. The number of hydrogen-bond acceptors (Lipinski definition) is 4. The molecule has 0 spiro atoms. The van der Waals surface area contributed by atoms with Crippen LogP contribution in [0.3, 0.4) is 0 Å². The second kappa shape index (κ2) is 4.69. The summed E-state index contributed by atoms with van der Waals surface area (Å²) >= 11 is 0. The molecular weight excluding hydrogens is 222 g/mol. The molecule has 5 heteroatoms. The largest absolute Gasteiger partial charge is 0.458 e. The van der Waals surface area contributed by atoms with Gasteiger partial charge in [-0.25, -0.2) is 0 Å². The van der Waals surface area contributed by atoms with E-state index in [9.17, 15) is 10.1 Å². The van der Waals surface area contributed by atoms with Gasteiger partial charge >= 0.3 is 0 Å². The summed E-state index contributed by atoms with van der Waals surface area (Å²) in [5.41, 5.74) is -0.0303. The highest BCUT2D eigenvalue weighted by Gasteiger charge is 2.17. The van der Waals surface area contributed by atoms with E-state index in [1.54, 1.807) is 12.5 Å². The van der Waals surface area contributed by atoms with Crippen LogP contribution in [0, 0.1) is 16.5 Å². The van der Waals surface area contributed by atoms with E-state index in [4.69, 9.17) is 9.47 Å².